The molecule has 0 heterocycles. The predicted molar refractivity (Wildman–Crippen MR) is 59.5 cm³/mol. The maximum atomic E-state index is 12.0. The summed E-state index contributed by atoms with van der Waals surface area (Å²) >= 11 is 0. The van der Waals surface area contributed by atoms with E-state index < -0.39 is 0 Å². The van der Waals surface area contributed by atoms with Gasteiger partial charge in [0.25, 0.3) is 0 Å². The fraction of sp³-hybridized carbons (Fsp3) is 0.909. The molecule has 0 radical (unpaired) electrons. The van der Waals surface area contributed by atoms with Crippen LogP contribution in [0.3, 0.4) is 0 Å². The largest absolute Gasteiger partial charge is 0.378 e. The van der Waals surface area contributed by atoms with Gasteiger partial charge in [0.15, 0.2) is 0 Å². The number of carbonyl (C=O) groups is 1. The van der Waals surface area contributed by atoms with E-state index in [1.165, 1.54) is 0 Å². The minimum atomic E-state index is -0.376. The summed E-state index contributed by atoms with van der Waals surface area (Å²) in [6.45, 7) is 5.07. The Labute approximate surface area is 91.8 Å². The molecular formula is C11H22N2O2. The minimum Gasteiger partial charge on any atom is -0.378 e. The summed E-state index contributed by atoms with van der Waals surface area (Å²) in [5.74, 6) is 0.162. The third-order valence-electron chi connectivity index (χ3n) is 2.81. The Kier molecular flexibility index (Phi) is 4.11. The molecule has 1 aliphatic carbocycles. The maximum Gasteiger partial charge on any atom is 0.225 e. The Morgan fingerprint density at radius 2 is 2.13 bits per heavy atom. The van der Waals surface area contributed by atoms with Gasteiger partial charge in [-0.15, -0.1) is 0 Å². The van der Waals surface area contributed by atoms with Crippen molar-refractivity contribution < 1.29 is 9.53 Å². The summed E-state index contributed by atoms with van der Waals surface area (Å²) in [6.07, 6.45) is 2.68. The Balaban J connectivity index is 2.48. The molecule has 1 amide bonds. The molecule has 1 saturated carbocycles. The molecule has 0 atom stereocenters. The zero-order valence-corrected chi connectivity index (χ0v) is 9.95. The Bertz CT molecular complexity index is 225. The van der Waals surface area contributed by atoms with Crippen LogP contribution in [-0.4, -0.2) is 42.6 Å². The number of nitrogens with two attached hydrogens (primary N) is 1. The first-order valence-corrected chi connectivity index (χ1v) is 5.55. The number of hydrogen-bond donors (Lipinski definition) is 1. The Hall–Kier alpha value is -0.610. The number of carbonyl (C=O) groups excluding carboxylic acids is 1. The molecule has 4 nitrogen and oxygen atoms in total. The molecule has 0 aromatic rings. The predicted octanol–water partition coefficient (Wildman–Crippen LogP) is 0.751. The van der Waals surface area contributed by atoms with Crippen LogP contribution in [0.15, 0.2) is 0 Å². The number of methoxy groups -OCH3 is 1. The highest BCUT2D eigenvalue weighted by atomic mass is 16.5. The summed E-state index contributed by atoms with van der Waals surface area (Å²) in [7, 11) is 1.64. The first-order valence-electron chi connectivity index (χ1n) is 5.55. The topological polar surface area (TPSA) is 55.6 Å². The van der Waals surface area contributed by atoms with Gasteiger partial charge in [0.1, 0.15) is 0 Å². The first-order chi connectivity index (χ1) is 7.00. The lowest BCUT2D eigenvalue weighted by molar-refractivity contribution is -0.137. The summed E-state index contributed by atoms with van der Waals surface area (Å²) < 4.78 is 5.26. The summed E-state index contributed by atoms with van der Waals surface area (Å²) in [6, 6.07) is 0.439. The highest BCUT2D eigenvalue weighted by molar-refractivity contribution is 5.77. The van der Waals surface area contributed by atoms with Gasteiger partial charge in [0, 0.05) is 26.2 Å². The van der Waals surface area contributed by atoms with Crippen LogP contribution in [0, 0.1) is 0 Å². The maximum absolute atomic E-state index is 12.0. The van der Waals surface area contributed by atoms with Gasteiger partial charge in [-0.25, -0.2) is 0 Å². The molecule has 88 valence electrons. The fourth-order valence-electron chi connectivity index (χ4n) is 1.57. The first kappa shape index (κ1) is 12.5. The molecule has 1 fully saturated rings. The minimum absolute atomic E-state index is 0.162. The van der Waals surface area contributed by atoms with Crippen LogP contribution in [-0.2, 0) is 9.53 Å². The molecule has 4 heteroatoms. The zero-order valence-electron chi connectivity index (χ0n) is 9.95. The third-order valence-corrected chi connectivity index (χ3v) is 2.81. The summed E-state index contributed by atoms with van der Waals surface area (Å²) in [4.78, 5) is 13.9. The van der Waals surface area contributed by atoms with Crippen molar-refractivity contribution in [1.29, 1.82) is 0 Å². The highest BCUT2D eigenvalue weighted by Gasteiger charge is 2.34. The smallest absolute Gasteiger partial charge is 0.225 e. The molecule has 0 aromatic heterocycles. The zero-order chi connectivity index (χ0) is 11.5. The second kappa shape index (κ2) is 4.94. The van der Waals surface area contributed by atoms with E-state index in [0.717, 1.165) is 12.8 Å². The van der Waals surface area contributed by atoms with Gasteiger partial charge in [-0.3, -0.25) is 4.79 Å². The number of rotatable bonds is 6. The molecule has 0 aromatic carbocycles. The van der Waals surface area contributed by atoms with E-state index >= 15 is 0 Å². The van der Waals surface area contributed by atoms with E-state index in [2.05, 4.69) is 0 Å². The highest BCUT2D eigenvalue weighted by Crippen LogP contribution is 2.28. The number of amides is 1. The van der Waals surface area contributed by atoms with Crippen molar-refractivity contribution in [3.63, 3.8) is 0 Å². The van der Waals surface area contributed by atoms with Crippen molar-refractivity contribution in [3.8, 4) is 0 Å². The van der Waals surface area contributed by atoms with Gasteiger partial charge in [-0.1, -0.05) is 0 Å². The van der Waals surface area contributed by atoms with E-state index in [4.69, 9.17) is 10.5 Å². The van der Waals surface area contributed by atoms with Crippen LogP contribution in [0.5, 0.6) is 0 Å². The molecule has 2 N–H and O–H groups in total. The third kappa shape index (κ3) is 3.80. The van der Waals surface area contributed by atoms with Crippen LogP contribution in [0.25, 0.3) is 0 Å². The van der Waals surface area contributed by atoms with Crippen LogP contribution in [0.2, 0.25) is 0 Å². The molecular weight excluding hydrogens is 192 g/mol. The fourth-order valence-corrected chi connectivity index (χ4v) is 1.57. The molecule has 0 spiro atoms. The normalized spacial score (nSPS) is 16.5. The number of hydrogen-bond acceptors (Lipinski definition) is 3. The van der Waals surface area contributed by atoms with Gasteiger partial charge in [-0.05, 0) is 26.7 Å². The summed E-state index contributed by atoms with van der Waals surface area (Å²) in [5, 5.41) is 0. The van der Waals surface area contributed by atoms with Gasteiger partial charge in [-0.2, -0.15) is 0 Å². The second-order valence-electron chi connectivity index (χ2n) is 4.75. The van der Waals surface area contributed by atoms with Gasteiger partial charge < -0.3 is 15.4 Å². The molecule has 15 heavy (non-hydrogen) atoms. The molecule has 0 saturated heterocycles. The molecule has 0 bridgehead atoms. The second-order valence-corrected chi connectivity index (χ2v) is 4.75. The van der Waals surface area contributed by atoms with E-state index in [0.29, 0.717) is 25.6 Å². The monoisotopic (exact) mass is 214 g/mol. The lowest BCUT2D eigenvalue weighted by atomic mass is 10.0. The van der Waals surface area contributed by atoms with Crippen molar-refractivity contribution in [2.75, 3.05) is 20.2 Å². The Morgan fingerprint density at radius 1 is 1.53 bits per heavy atom. The van der Waals surface area contributed by atoms with Gasteiger partial charge >= 0.3 is 0 Å². The van der Waals surface area contributed by atoms with Crippen molar-refractivity contribution in [3.05, 3.63) is 0 Å². The lowest BCUT2D eigenvalue weighted by Crippen LogP contribution is -2.41. The van der Waals surface area contributed by atoms with Crippen molar-refractivity contribution in [2.24, 2.45) is 5.73 Å². The van der Waals surface area contributed by atoms with E-state index in [9.17, 15) is 4.79 Å². The van der Waals surface area contributed by atoms with Crippen molar-refractivity contribution in [1.82, 2.24) is 4.90 Å². The molecule has 1 rings (SSSR count). The van der Waals surface area contributed by atoms with Crippen LogP contribution in [0.1, 0.15) is 33.1 Å². The molecule has 0 aliphatic heterocycles. The molecule has 0 unspecified atom stereocenters. The van der Waals surface area contributed by atoms with Gasteiger partial charge in [0.2, 0.25) is 5.91 Å². The van der Waals surface area contributed by atoms with Gasteiger partial charge in [0.05, 0.1) is 12.0 Å². The van der Waals surface area contributed by atoms with E-state index in [-0.39, 0.29) is 11.5 Å². The van der Waals surface area contributed by atoms with Crippen LogP contribution in [0.4, 0.5) is 0 Å². The van der Waals surface area contributed by atoms with Crippen LogP contribution < -0.4 is 5.73 Å². The standard InChI is InChI=1S/C11H22N2O2/c1-11(2,15-3)8-10(14)13(7-6-12)9-4-5-9/h9H,4-8,12H2,1-3H3. The average Bonchev–Trinajstić information content (AvgIpc) is 2.96. The van der Waals surface area contributed by atoms with Crippen molar-refractivity contribution >= 4 is 5.91 Å². The number of ether oxygens (including phenoxy) is 1. The average molecular weight is 214 g/mol. The van der Waals surface area contributed by atoms with Crippen LogP contribution >= 0.6 is 0 Å². The van der Waals surface area contributed by atoms with Crippen molar-refractivity contribution in [2.45, 2.75) is 44.8 Å². The van der Waals surface area contributed by atoms with E-state index in [1.54, 1.807) is 7.11 Å². The Morgan fingerprint density at radius 3 is 2.53 bits per heavy atom. The lowest BCUT2D eigenvalue weighted by Gasteiger charge is -2.28. The molecule has 1 aliphatic rings. The number of nitrogens with zero attached hydrogens (tertiary/aromatic N) is 1. The summed E-state index contributed by atoms with van der Waals surface area (Å²) in [5.41, 5.74) is 5.13. The van der Waals surface area contributed by atoms with E-state index in [1.807, 2.05) is 18.7 Å². The SMILES string of the molecule is COC(C)(C)CC(=O)N(CCN)C1CC1. The quantitative estimate of drug-likeness (QED) is 0.710.